The molecule has 23 heavy (non-hydrogen) atoms. The standard InChI is InChI=1S/C15H14N2O6/c1-21-14-7-10(8-15(18)22-2)3-4-13(14)23-12-5-6-16-9-11(12)17(19)20/h3-7,9H,8H2,1-2H3. The second-order valence-electron chi connectivity index (χ2n) is 4.44. The number of methoxy groups -OCH3 is 2. The van der Waals surface area contributed by atoms with Gasteiger partial charge in [0, 0.05) is 12.3 Å². The summed E-state index contributed by atoms with van der Waals surface area (Å²) in [6, 6.07) is 6.22. The van der Waals surface area contributed by atoms with Gasteiger partial charge < -0.3 is 14.2 Å². The van der Waals surface area contributed by atoms with Crippen LogP contribution in [0.2, 0.25) is 0 Å². The summed E-state index contributed by atoms with van der Waals surface area (Å²) < 4.78 is 15.4. The molecule has 2 aromatic rings. The van der Waals surface area contributed by atoms with Gasteiger partial charge in [-0.15, -0.1) is 0 Å². The number of nitro groups is 1. The van der Waals surface area contributed by atoms with E-state index in [9.17, 15) is 14.9 Å². The number of ether oxygens (including phenoxy) is 3. The van der Waals surface area contributed by atoms with Crippen molar-refractivity contribution in [2.45, 2.75) is 6.42 Å². The van der Waals surface area contributed by atoms with Crippen LogP contribution in [0.15, 0.2) is 36.7 Å². The number of hydrogen-bond donors (Lipinski definition) is 0. The summed E-state index contributed by atoms with van der Waals surface area (Å²) >= 11 is 0. The van der Waals surface area contributed by atoms with Crippen molar-refractivity contribution in [3.8, 4) is 17.2 Å². The number of rotatable bonds is 6. The second-order valence-corrected chi connectivity index (χ2v) is 4.44. The fourth-order valence-electron chi connectivity index (χ4n) is 1.86. The molecule has 1 aromatic heterocycles. The Bertz CT molecular complexity index is 732. The summed E-state index contributed by atoms with van der Waals surface area (Å²) in [6.45, 7) is 0. The lowest BCUT2D eigenvalue weighted by atomic mass is 10.1. The van der Waals surface area contributed by atoms with Gasteiger partial charge in [-0.25, -0.2) is 0 Å². The van der Waals surface area contributed by atoms with Crippen LogP contribution < -0.4 is 9.47 Å². The van der Waals surface area contributed by atoms with Crippen LogP contribution in [0.1, 0.15) is 5.56 Å². The number of pyridine rings is 1. The fourth-order valence-corrected chi connectivity index (χ4v) is 1.86. The molecule has 2 rings (SSSR count). The Kier molecular flexibility index (Phi) is 5.08. The van der Waals surface area contributed by atoms with Gasteiger partial charge in [0.1, 0.15) is 6.20 Å². The average Bonchev–Trinajstić information content (AvgIpc) is 2.56. The van der Waals surface area contributed by atoms with Crippen molar-refractivity contribution in [2.75, 3.05) is 14.2 Å². The molecule has 1 heterocycles. The number of carbonyl (C=O) groups is 1. The summed E-state index contributed by atoms with van der Waals surface area (Å²) in [4.78, 5) is 25.4. The Morgan fingerprint density at radius 1 is 1.22 bits per heavy atom. The van der Waals surface area contributed by atoms with Crippen LogP contribution >= 0.6 is 0 Å². The Morgan fingerprint density at radius 3 is 2.65 bits per heavy atom. The monoisotopic (exact) mass is 318 g/mol. The average molecular weight is 318 g/mol. The summed E-state index contributed by atoms with van der Waals surface area (Å²) in [5.41, 5.74) is 0.415. The molecule has 0 amide bonds. The van der Waals surface area contributed by atoms with Gasteiger partial charge in [0.15, 0.2) is 11.5 Å². The molecule has 1 aromatic carbocycles. The van der Waals surface area contributed by atoms with Crippen LogP contribution in [0, 0.1) is 10.1 Å². The molecule has 8 heteroatoms. The van der Waals surface area contributed by atoms with Crippen LogP contribution in [0.5, 0.6) is 17.2 Å². The van der Waals surface area contributed by atoms with Crippen LogP contribution in [0.3, 0.4) is 0 Å². The van der Waals surface area contributed by atoms with Crippen molar-refractivity contribution < 1.29 is 23.9 Å². The molecule has 0 unspecified atom stereocenters. The molecular formula is C15H14N2O6. The molecule has 0 aliphatic rings. The molecule has 0 saturated heterocycles. The molecule has 0 atom stereocenters. The zero-order valence-corrected chi connectivity index (χ0v) is 12.5. The molecule has 0 fully saturated rings. The van der Waals surface area contributed by atoms with Gasteiger partial charge >= 0.3 is 11.7 Å². The molecule has 0 spiro atoms. The Morgan fingerprint density at radius 2 is 2.00 bits per heavy atom. The molecule has 8 nitrogen and oxygen atoms in total. The molecule has 0 bridgehead atoms. The van der Waals surface area contributed by atoms with E-state index >= 15 is 0 Å². The summed E-state index contributed by atoms with van der Waals surface area (Å²) in [6.07, 6.45) is 2.58. The van der Waals surface area contributed by atoms with Gasteiger partial charge in [0.05, 0.1) is 25.6 Å². The number of esters is 1. The first kappa shape index (κ1) is 16.2. The largest absolute Gasteiger partial charge is 0.493 e. The van der Waals surface area contributed by atoms with E-state index in [1.54, 1.807) is 18.2 Å². The van der Waals surface area contributed by atoms with E-state index in [0.29, 0.717) is 11.3 Å². The maximum absolute atomic E-state index is 11.3. The summed E-state index contributed by atoms with van der Waals surface area (Å²) in [5, 5.41) is 11.0. The van der Waals surface area contributed by atoms with E-state index in [1.807, 2.05) is 0 Å². The lowest BCUT2D eigenvalue weighted by Gasteiger charge is -2.11. The first-order valence-electron chi connectivity index (χ1n) is 6.55. The number of carbonyl (C=O) groups excluding carboxylic acids is 1. The zero-order valence-electron chi connectivity index (χ0n) is 12.5. The molecular weight excluding hydrogens is 304 g/mol. The third kappa shape index (κ3) is 3.94. The Labute approximate surface area is 131 Å². The highest BCUT2D eigenvalue weighted by Gasteiger charge is 2.17. The molecule has 0 aliphatic heterocycles. The van der Waals surface area contributed by atoms with Crippen LogP contribution in [-0.4, -0.2) is 30.1 Å². The van der Waals surface area contributed by atoms with Gasteiger partial charge in [-0.05, 0) is 17.7 Å². The first-order valence-corrected chi connectivity index (χ1v) is 6.55. The lowest BCUT2D eigenvalue weighted by molar-refractivity contribution is -0.386. The summed E-state index contributed by atoms with van der Waals surface area (Å²) in [7, 11) is 2.74. The zero-order chi connectivity index (χ0) is 16.8. The highest BCUT2D eigenvalue weighted by Crippen LogP contribution is 2.36. The SMILES string of the molecule is COC(=O)Cc1ccc(Oc2ccncc2[N+](=O)[O-])c(OC)c1. The summed E-state index contributed by atoms with van der Waals surface area (Å²) in [5.74, 6) is 0.294. The van der Waals surface area contributed by atoms with Crippen LogP contribution in [0.4, 0.5) is 5.69 Å². The van der Waals surface area contributed by atoms with E-state index in [0.717, 1.165) is 6.20 Å². The smallest absolute Gasteiger partial charge is 0.329 e. The van der Waals surface area contributed by atoms with Crippen LogP contribution in [-0.2, 0) is 16.0 Å². The van der Waals surface area contributed by atoms with E-state index < -0.39 is 4.92 Å². The minimum Gasteiger partial charge on any atom is -0.493 e. The lowest BCUT2D eigenvalue weighted by Crippen LogP contribution is -2.04. The second kappa shape index (κ2) is 7.21. The molecule has 0 N–H and O–H groups in total. The number of benzene rings is 1. The van der Waals surface area contributed by atoms with Gasteiger partial charge in [-0.2, -0.15) is 0 Å². The van der Waals surface area contributed by atoms with E-state index in [-0.39, 0.29) is 29.6 Å². The van der Waals surface area contributed by atoms with Crippen molar-refractivity contribution in [1.82, 2.24) is 4.98 Å². The Hall–Kier alpha value is -3.16. The van der Waals surface area contributed by atoms with Crippen molar-refractivity contribution in [1.29, 1.82) is 0 Å². The van der Waals surface area contributed by atoms with E-state index in [2.05, 4.69) is 9.72 Å². The van der Waals surface area contributed by atoms with Crippen molar-refractivity contribution in [3.63, 3.8) is 0 Å². The fraction of sp³-hybridized carbons (Fsp3) is 0.200. The van der Waals surface area contributed by atoms with E-state index in [1.165, 1.54) is 26.5 Å². The third-order valence-electron chi connectivity index (χ3n) is 2.98. The van der Waals surface area contributed by atoms with Crippen molar-refractivity contribution in [3.05, 3.63) is 52.3 Å². The topological polar surface area (TPSA) is 101 Å². The maximum Gasteiger partial charge on any atom is 0.329 e. The highest BCUT2D eigenvalue weighted by molar-refractivity contribution is 5.72. The van der Waals surface area contributed by atoms with Crippen LogP contribution in [0.25, 0.3) is 0 Å². The normalized spacial score (nSPS) is 10.0. The highest BCUT2D eigenvalue weighted by atomic mass is 16.6. The predicted molar refractivity (Wildman–Crippen MR) is 79.7 cm³/mol. The van der Waals surface area contributed by atoms with Gasteiger partial charge in [0.25, 0.3) is 0 Å². The maximum atomic E-state index is 11.3. The number of nitrogens with zero attached hydrogens (tertiary/aromatic N) is 2. The minimum atomic E-state index is -0.583. The van der Waals surface area contributed by atoms with Crippen molar-refractivity contribution >= 4 is 11.7 Å². The quantitative estimate of drug-likeness (QED) is 0.458. The van der Waals surface area contributed by atoms with Gasteiger partial charge in [-0.3, -0.25) is 19.9 Å². The van der Waals surface area contributed by atoms with Gasteiger partial charge in [-0.1, -0.05) is 6.07 Å². The number of aromatic nitrogens is 1. The molecule has 120 valence electrons. The number of hydrogen-bond acceptors (Lipinski definition) is 7. The predicted octanol–water partition coefficient (Wildman–Crippen LogP) is 2.51. The molecule has 0 radical (unpaired) electrons. The van der Waals surface area contributed by atoms with Gasteiger partial charge in [0.2, 0.25) is 5.75 Å². The van der Waals surface area contributed by atoms with Crippen molar-refractivity contribution in [2.24, 2.45) is 0 Å². The first-order chi connectivity index (χ1) is 11.0. The molecule has 0 saturated carbocycles. The molecule has 0 aliphatic carbocycles. The minimum absolute atomic E-state index is 0.0454. The van der Waals surface area contributed by atoms with E-state index in [4.69, 9.17) is 9.47 Å². The third-order valence-corrected chi connectivity index (χ3v) is 2.98. The Balaban J connectivity index is 2.30.